The number of carbonyl (C=O) groups excluding carboxylic acids is 1. The SMILES string of the molecule is CC(C)(C)CC1CC(=O)N(O)C1. The third-order valence-corrected chi connectivity index (χ3v) is 2.08. The molecular weight excluding hydrogens is 154 g/mol. The first-order valence-corrected chi connectivity index (χ1v) is 4.38. The highest BCUT2D eigenvalue weighted by Gasteiger charge is 2.31. The molecule has 1 rings (SSSR count). The molecule has 0 spiro atoms. The Hall–Kier alpha value is -0.570. The number of amides is 1. The zero-order chi connectivity index (χ0) is 9.35. The fourth-order valence-corrected chi connectivity index (χ4v) is 1.77. The Morgan fingerprint density at radius 3 is 2.50 bits per heavy atom. The molecule has 1 aliphatic heterocycles. The Labute approximate surface area is 73.3 Å². The molecule has 3 nitrogen and oxygen atoms in total. The van der Waals surface area contributed by atoms with Gasteiger partial charge >= 0.3 is 0 Å². The molecular formula is C9H17NO2. The van der Waals surface area contributed by atoms with Crippen molar-refractivity contribution in [3.63, 3.8) is 0 Å². The number of nitrogens with zero attached hydrogens (tertiary/aromatic N) is 1. The molecule has 1 fully saturated rings. The minimum Gasteiger partial charge on any atom is -0.286 e. The summed E-state index contributed by atoms with van der Waals surface area (Å²) in [5, 5.41) is 9.89. The van der Waals surface area contributed by atoms with E-state index < -0.39 is 0 Å². The van der Waals surface area contributed by atoms with E-state index in [9.17, 15) is 4.79 Å². The Morgan fingerprint density at radius 2 is 2.17 bits per heavy atom. The molecule has 0 radical (unpaired) electrons. The van der Waals surface area contributed by atoms with Crippen molar-refractivity contribution in [2.75, 3.05) is 6.54 Å². The lowest BCUT2D eigenvalue weighted by atomic mass is 9.84. The summed E-state index contributed by atoms with van der Waals surface area (Å²) in [4.78, 5) is 10.9. The maximum Gasteiger partial charge on any atom is 0.246 e. The molecule has 1 saturated heterocycles. The van der Waals surface area contributed by atoms with Gasteiger partial charge in [-0.2, -0.15) is 0 Å². The zero-order valence-electron chi connectivity index (χ0n) is 8.00. The summed E-state index contributed by atoms with van der Waals surface area (Å²) >= 11 is 0. The summed E-state index contributed by atoms with van der Waals surface area (Å²) in [7, 11) is 0. The average Bonchev–Trinajstić information content (AvgIpc) is 2.07. The first kappa shape index (κ1) is 9.52. The van der Waals surface area contributed by atoms with E-state index in [-0.39, 0.29) is 11.3 Å². The molecule has 1 amide bonds. The summed E-state index contributed by atoms with van der Waals surface area (Å²) in [5.41, 5.74) is 0.246. The lowest BCUT2D eigenvalue weighted by Gasteiger charge is -2.21. The quantitative estimate of drug-likeness (QED) is 0.609. The highest BCUT2D eigenvalue weighted by atomic mass is 16.5. The van der Waals surface area contributed by atoms with E-state index >= 15 is 0 Å². The van der Waals surface area contributed by atoms with E-state index in [1.807, 2.05) is 0 Å². The minimum atomic E-state index is -0.135. The van der Waals surface area contributed by atoms with Gasteiger partial charge in [0, 0.05) is 6.42 Å². The topological polar surface area (TPSA) is 40.5 Å². The van der Waals surface area contributed by atoms with Crippen molar-refractivity contribution in [1.82, 2.24) is 5.06 Å². The van der Waals surface area contributed by atoms with Gasteiger partial charge in [-0.15, -0.1) is 0 Å². The molecule has 0 bridgehead atoms. The lowest BCUT2D eigenvalue weighted by molar-refractivity contribution is -0.157. The molecule has 12 heavy (non-hydrogen) atoms. The van der Waals surface area contributed by atoms with E-state index in [4.69, 9.17) is 5.21 Å². The first-order chi connectivity index (χ1) is 5.38. The summed E-state index contributed by atoms with van der Waals surface area (Å²) < 4.78 is 0. The zero-order valence-corrected chi connectivity index (χ0v) is 8.00. The molecule has 0 aromatic carbocycles. The van der Waals surface area contributed by atoms with E-state index in [0.29, 0.717) is 18.9 Å². The lowest BCUT2D eigenvalue weighted by Crippen LogP contribution is -2.21. The van der Waals surface area contributed by atoms with Crippen molar-refractivity contribution in [2.45, 2.75) is 33.6 Å². The molecule has 1 atom stereocenters. The largest absolute Gasteiger partial charge is 0.286 e. The number of rotatable bonds is 1. The molecule has 0 aliphatic carbocycles. The summed E-state index contributed by atoms with van der Waals surface area (Å²) in [5.74, 6) is 0.201. The van der Waals surface area contributed by atoms with Crippen molar-refractivity contribution in [2.24, 2.45) is 11.3 Å². The van der Waals surface area contributed by atoms with Crippen LogP contribution in [0, 0.1) is 11.3 Å². The second-order valence-corrected chi connectivity index (χ2v) is 4.81. The van der Waals surface area contributed by atoms with Gasteiger partial charge in [0.1, 0.15) is 0 Å². The standard InChI is InChI=1S/C9H17NO2/c1-9(2,3)5-7-4-8(11)10(12)6-7/h7,12H,4-6H2,1-3H3. The van der Waals surface area contributed by atoms with Crippen molar-refractivity contribution >= 4 is 5.91 Å². The van der Waals surface area contributed by atoms with Gasteiger partial charge < -0.3 is 0 Å². The van der Waals surface area contributed by atoms with Crippen LogP contribution in [0.15, 0.2) is 0 Å². The maximum absolute atomic E-state index is 10.9. The Kier molecular flexibility index (Phi) is 2.42. The van der Waals surface area contributed by atoms with Crippen LogP contribution >= 0.6 is 0 Å². The number of carbonyl (C=O) groups is 1. The summed E-state index contributed by atoms with van der Waals surface area (Å²) in [6.45, 7) is 6.96. The van der Waals surface area contributed by atoms with Gasteiger partial charge in [0.15, 0.2) is 0 Å². The predicted octanol–water partition coefficient (Wildman–Crippen LogP) is 1.66. The fraction of sp³-hybridized carbons (Fsp3) is 0.889. The minimum absolute atomic E-state index is 0.135. The maximum atomic E-state index is 10.9. The Morgan fingerprint density at radius 1 is 1.58 bits per heavy atom. The van der Waals surface area contributed by atoms with Gasteiger partial charge in [-0.05, 0) is 17.8 Å². The molecule has 3 heteroatoms. The molecule has 0 aromatic rings. The number of hydroxylamine groups is 2. The number of hydrogen-bond acceptors (Lipinski definition) is 2. The van der Waals surface area contributed by atoms with Gasteiger partial charge in [-0.25, -0.2) is 5.06 Å². The molecule has 1 heterocycles. The van der Waals surface area contributed by atoms with Crippen LogP contribution in [0.25, 0.3) is 0 Å². The molecule has 70 valence electrons. The second kappa shape index (κ2) is 3.05. The summed E-state index contributed by atoms with van der Waals surface area (Å²) in [6, 6.07) is 0. The fourth-order valence-electron chi connectivity index (χ4n) is 1.77. The third kappa shape index (κ3) is 2.48. The predicted molar refractivity (Wildman–Crippen MR) is 45.7 cm³/mol. The van der Waals surface area contributed by atoms with E-state index in [2.05, 4.69) is 20.8 Å². The highest BCUT2D eigenvalue weighted by molar-refractivity contribution is 5.77. The monoisotopic (exact) mass is 171 g/mol. The normalized spacial score (nSPS) is 25.2. The molecule has 1 aliphatic rings. The van der Waals surface area contributed by atoms with Crippen molar-refractivity contribution in [3.05, 3.63) is 0 Å². The van der Waals surface area contributed by atoms with E-state index in [1.165, 1.54) is 0 Å². The van der Waals surface area contributed by atoms with Gasteiger partial charge in [0.2, 0.25) is 5.91 Å². The van der Waals surface area contributed by atoms with Crippen molar-refractivity contribution in [1.29, 1.82) is 0 Å². The van der Waals surface area contributed by atoms with Crippen LogP contribution in [0.4, 0.5) is 0 Å². The van der Waals surface area contributed by atoms with Crippen LogP contribution in [0.5, 0.6) is 0 Å². The van der Waals surface area contributed by atoms with Gasteiger partial charge in [0.25, 0.3) is 0 Å². The first-order valence-electron chi connectivity index (χ1n) is 4.38. The van der Waals surface area contributed by atoms with Crippen LogP contribution in [-0.4, -0.2) is 22.7 Å². The second-order valence-electron chi connectivity index (χ2n) is 4.81. The van der Waals surface area contributed by atoms with Crippen LogP contribution in [-0.2, 0) is 4.79 Å². The van der Waals surface area contributed by atoms with Crippen LogP contribution in [0.1, 0.15) is 33.6 Å². The Balaban J connectivity index is 2.43. The smallest absolute Gasteiger partial charge is 0.246 e. The van der Waals surface area contributed by atoms with Crippen LogP contribution in [0.2, 0.25) is 0 Å². The molecule has 0 aromatic heterocycles. The van der Waals surface area contributed by atoms with Crippen LogP contribution in [0.3, 0.4) is 0 Å². The molecule has 1 unspecified atom stereocenters. The highest BCUT2D eigenvalue weighted by Crippen LogP contribution is 2.29. The third-order valence-electron chi connectivity index (χ3n) is 2.08. The average molecular weight is 171 g/mol. The summed E-state index contributed by atoms with van der Waals surface area (Å²) in [6.07, 6.45) is 1.50. The van der Waals surface area contributed by atoms with Gasteiger partial charge in [-0.3, -0.25) is 10.0 Å². The van der Waals surface area contributed by atoms with E-state index in [1.54, 1.807) is 0 Å². The molecule has 1 N–H and O–H groups in total. The van der Waals surface area contributed by atoms with Crippen molar-refractivity contribution < 1.29 is 10.0 Å². The molecule has 0 saturated carbocycles. The van der Waals surface area contributed by atoms with Crippen molar-refractivity contribution in [3.8, 4) is 0 Å². The Bertz CT molecular complexity index is 183. The van der Waals surface area contributed by atoms with Crippen LogP contribution < -0.4 is 0 Å². The number of hydrogen-bond donors (Lipinski definition) is 1. The van der Waals surface area contributed by atoms with Gasteiger partial charge in [0.05, 0.1) is 6.54 Å². The van der Waals surface area contributed by atoms with Gasteiger partial charge in [-0.1, -0.05) is 20.8 Å². The van der Waals surface area contributed by atoms with E-state index in [0.717, 1.165) is 11.5 Å².